The van der Waals surface area contributed by atoms with Crippen molar-refractivity contribution < 1.29 is 13.5 Å². The minimum atomic E-state index is -3.37. The van der Waals surface area contributed by atoms with E-state index in [1.165, 1.54) is 19.2 Å². The van der Waals surface area contributed by atoms with Gasteiger partial charge in [-0.15, -0.1) is 0 Å². The van der Waals surface area contributed by atoms with Crippen molar-refractivity contribution in [3.05, 3.63) is 24.3 Å². The third-order valence-electron chi connectivity index (χ3n) is 2.32. The molecule has 6 heteroatoms. The van der Waals surface area contributed by atoms with Crippen molar-refractivity contribution in [2.45, 2.75) is 24.3 Å². The van der Waals surface area contributed by atoms with Crippen LogP contribution in [-0.4, -0.2) is 33.2 Å². The van der Waals surface area contributed by atoms with Gasteiger partial charge in [-0.05, 0) is 44.7 Å². The molecule has 1 atom stereocenters. The van der Waals surface area contributed by atoms with Crippen LogP contribution in [0, 0.1) is 0 Å². The van der Waals surface area contributed by atoms with Gasteiger partial charge in [-0.3, -0.25) is 0 Å². The van der Waals surface area contributed by atoms with Crippen LogP contribution in [0.2, 0.25) is 0 Å². The van der Waals surface area contributed by atoms with Gasteiger partial charge >= 0.3 is 0 Å². The second kappa shape index (κ2) is 6.00. The molecule has 0 spiro atoms. The van der Waals surface area contributed by atoms with E-state index in [0.29, 0.717) is 13.0 Å². The van der Waals surface area contributed by atoms with Crippen molar-refractivity contribution in [1.29, 1.82) is 0 Å². The Morgan fingerprint density at radius 3 is 2.35 bits per heavy atom. The Bertz CT molecular complexity index is 440. The van der Waals surface area contributed by atoms with Crippen molar-refractivity contribution in [3.8, 4) is 0 Å². The molecule has 0 saturated carbocycles. The van der Waals surface area contributed by atoms with E-state index in [1.807, 2.05) is 0 Å². The normalized spacial score (nSPS) is 13.4. The van der Waals surface area contributed by atoms with Crippen LogP contribution in [0.25, 0.3) is 0 Å². The molecule has 0 radical (unpaired) electrons. The van der Waals surface area contributed by atoms with Crippen LogP contribution in [0.5, 0.6) is 0 Å². The Labute approximate surface area is 102 Å². The first-order chi connectivity index (χ1) is 7.95. The Hall–Kier alpha value is -1.11. The summed E-state index contributed by atoms with van der Waals surface area (Å²) in [5, 5.41) is 12.2. The molecule has 96 valence electrons. The third kappa shape index (κ3) is 4.33. The fourth-order valence-corrected chi connectivity index (χ4v) is 2.03. The van der Waals surface area contributed by atoms with E-state index in [9.17, 15) is 8.42 Å². The first kappa shape index (κ1) is 14.0. The van der Waals surface area contributed by atoms with Crippen molar-refractivity contribution in [3.63, 3.8) is 0 Å². The van der Waals surface area contributed by atoms with Crippen LogP contribution < -0.4 is 10.0 Å². The summed E-state index contributed by atoms with van der Waals surface area (Å²) in [5.74, 6) is 0. The average molecular weight is 258 g/mol. The molecule has 0 bridgehead atoms. The predicted molar refractivity (Wildman–Crippen MR) is 67.5 cm³/mol. The average Bonchev–Trinajstić information content (AvgIpc) is 2.29. The fraction of sp³-hybridized carbons (Fsp3) is 0.455. The van der Waals surface area contributed by atoms with Gasteiger partial charge in [-0.1, -0.05) is 0 Å². The van der Waals surface area contributed by atoms with E-state index in [2.05, 4.69) is 10.0 Å². The molecule has 0 aliphatic heterocycles. The van der Waals surface area contributed by atoms with Gasteiger partial charge in [0.1, 0.15) is 0 Å². The third-order valence-corrected chi connectivity index (χ3v) is 3.75. The summed E-state index contributed by atoms with van der Waals surface area (Å²) in [5.41, 5.74) is 0.834. The maximum Gasteiger partial charge on any atom is 0.240 e. The molecule has 1 rings (SSSR count). The zero-order chi connectivity index (χ0) is 12.9. The summed E-state index contributed by atoms with van der Waals surface area (Å²) in [6, 6.07) is 6.48. The molecule has 0 amide bonds. The molecule has 0 aliphatic rings. The van der Waals surface area contributed by atoms with E-state index < -0.39 is 10.0 Å². The van der Waals surface area contributed by atoms with Crippen LogP contribution in [0.1, 0.15) is 13.3 Å². The van der Waals surface area contributed by atoms with Crippen molar-refractivity contribution in [2.24, 2.45) is 0 Å². The first-order valence-corrected chi connectivity index (χ1v) is 6.89. The Balaban J connectivity index is 2.63. The highest BCUT2D eigenvalue weighted by molar-refractivity contribution is 7.89. The number of rotatable bonds is 6. The summed E-state index contributed by atoms with van der Waals surface area (Å²) in [6.45, 7) is 2.38. The first-order valence-electron chi connectivity index (χ1n) is 5.41. The van der Waals surface area contributed by atoms with Gasteiger partial charge in [0.15, 0.2) is 0 Å². The molecule has 1 aromatic carbocycles. The van der Waals surface area contributed by atoms with Gasteiger partial charge in [0.2, 0.25) is 10.0 Å². The predicted octanol–water partition coefficient (Wildman–Crippen LogP) is 0.777. The van der Waals surface area contributed by atoms with Crippen molar-refractivity contribution in [1.82, 2.24) is 4.72 Å². The largest absolute Gasteiger partial charge is 0.393 e. The minimum Gasteiger partial charge on any atom is -0.393 e. The topological polar surface area (TPSA) is 78.4 Å². The molecule has 5 nitrogen and oxygen atoms in total. The molecular weight excluding hydrogens is 240 g/mol. The van der Waals surface area contributed by atoms with Crippen LogP contribution in [0.3, 0.4) is 0 Å². The Kier molecular flexibility index (Phi) is 4.92. The number of aliphatic hydroxyl groups excluding tert-OH is 1. The Morgan fingerprint density at radius 2 is 1.88 bits per heavy atom. The number of hydrogen-bond acceptors (Lipinski definition) is 4. The SMILES string of the molecule is CNS(=O)(=O)c1ccc(NCCC(C)O)cc1. The zero-order valence-electron chi connectivity index (χ0n) is 9.97. The molecule has 0 fully saturated rings. The van der Waals surface area contributed by atoms with Crippen LogP contribution >= 0.6 is 0 Å². The minimum absolute atomic E-state index is 0.237. The van der Waals surface area contributed by atoms with Gasteiger partial charge in [0.05, 0.1) is 11.0 Å². The second-order valence-corrected chi connectivity index (χ2v) is 5.68. The monoisotopic (exact) mass is 258 g/mol. The molecule has 0 saturated heterocycles. The van der Waals surface area contributed by atoms with Gasteiger partial charge in [0, 0.05) is 12.2 Å². The van der Waals surface area contributed by atoms with Crippen molar-refractivity contribution in [2.75, 3.05) is 18.9 Å². The molecule has 1 aromatic rings. The molecule has 3 N–H and O–H groups in total. The van der Waals surface area contributed by atoms with Crippen molar-refractivity contribution >= 4 is 15.7 Å². The molecule has 0 aromatic heterocycles. The molecule has 0 aliphatic carbocycles. The number of hydrogen-bond donors (Lipinski definition) is 3. The lowest BCUT2D eigenvalue weighted by molar-refractivity contribution is 0.189. The highest BCUT2D eigenvalue weighted by Gasteiger charge is 2.10. The highest BCUT2D eigenvalue weighted by Crippen LogP contribution is 2.13. The number of benzene rings is 1. The van der Waals surface area contributed by atoms with Gasteiger partial charge in [-0.2, -0.15) is 0 Å². The van der Waals surface area contributed by atoms with E-state index >= 15 is 0 Å². The summed E-state index contributed by atoms with van der Waals surface area (Å²) >= 11 is 0. The van der Waals surface area contributed by atoms with Gasteiger partial charge in [-0.25, -0.2) is 13.1 Å². The summed E-state index contributed by atoms with van der Waals surface area (Å²) < 4.78 is 25.2. The van der Waals surface area contributed by atoms with Gasteiger partial charge in [0.25, 0.3) is 0 Å². The molecule has 0 heterocycles. The molecule has 1 unspecified atom stereocenters. The maximum atomic E-state index is 11.5. The van der Waals surface area contributed by atoms with E-state index in [4.69, 9.17) is 5.11 Å². The van der Waals surface area contributed by atoms with Crippen LogP contribution in [0.15, 0.2) is 29.2 Å². The second-order valence-electron chi connectivity index (χ2n) is 3.80. The smallest absolute Gasteiger partial charge is 0.240 e. The number of sulfonamides is 1. The number of anilines is 1. The lowest BCUT2D eigenvalue weighted by atomic mass is 10.2. The number of aliphatic hydroxyl groups is 1. The Morgan fingerprint density at radius 1 is 1.29 bits per heavy atom. The number of nitrogens with one attached hydrogen (secondary N) is 2. The lowest BCUT2D eigenvalue weighted by Gasteiger charge is -2.08. The fourth-order valence-electron chi connectivity index (χ4n) is 1.30. The van der Waals surface area contributed by atoms with Crippen LogP contribution in [-0.2, 0) is 10.0 Å². The summed E-state index contributed by atoms with van der Waals surface area (Å²) in [6.07, 6.45) is 0.308. The summed E-state index contributed by atoms with van der Waals surface area (Å²) in [7, 11) is -1.99. The van der Waals surface area contributed by atoms with E-state index in [0.717, 1.165) is 5.69 Å². The summed E-state index contributed by atoms with van der Waals surface area (Å²) in [4.78, 5) is 0.237. The quantitative estimate of drug-likeness (QED) is 0.704. The van der Waals surface area contributed by atoms with Gasteiger partial charge < -0.3 is 10.4 Å². The van der Waals surface area contributed by atoms with E-state index in [1.54, 1.807) is 19.1 Å². The standard InChI is InChI=1S/C11H18N2O3S/c1-9(14)7-8-13-10-3-5-11(6-4-10)17(15,16)12-2/h3-6,9,12-14H,7-8H2,1-2H3. The van der Waals surface area contributed by atoms with E-state index in [-0.39, 0.29) is 11.0 Å². The maximum absolute atomic E-state index is 11.5. The molecular formula is C11H18N2O3S. The van der Waals surface area contributed by atoms with Crippen LogP contribution in [0.4, 0.5) is 5.69 Å². The lowest BCUT2D eigenvalue weighted by Crippen LogP contribution is -2.18. The molecule has 17 heavy (non-hydrogen) atoms. The highest BCUT2D eigenvalue weighted by atomic mass is 32.2. The zero-order valence-corrected chi connectivity index (χ0v) is 10.8.